The fraction of sp³-hybridized carbons (Fsp3) is 0.300. The van der Waals surface area contributed by atoms with Gasteiger partial charge < -0.3 is 4.74 Å². The van der Waals surface area contributed by atoms with E-state index in [2.05, 4.69) is 0 Å². The number of benzene rings is 1. The third-order valence-electron chi connectivity index (χ3n) is 2.37. The number of nitriles is 1. The van der Waals surface area contributed by atoms with Crippen LogP contribution in [0.5, 0.6) is 0 Å². The van der Waals surface area contributed by atoms with E-state index < -0.39 is 18.1 Å². The highest BCUT2D eigenvalue weighted by Gasteiger charge is 2.66. The molecule has 2 nitrogen and oxygen atoms in total. The van der Waals surface area contributed by atoms with E-state index >= 15 is 0 Å². The smallest absolute Gasteiger partial charge is 0.316 e. The summed E-state index contributed by atoms with van der Waals surface area (Å²) in [6, 6.07) is 7.30. The normalized spacial score (nSPS) is 27.9. The Morgan fingerprint density at radius 1 is 1.47 bits per heavy atom. The van der Waals surface area contributed by atoms with Crippen LogP contribution in [0.2, 0.25) is 5.02 Å². The van der Waals surface area contributed by atoms with Crippen molar-refractivity contribution < 1.29 is 13.5 Å². The number of alkyl halides is 2. The minimum absolute atomic E-state index is 0.0914. The van der Waals surface area contributed by atoms with Crippen molar-refractivity contribution in [2.24, 2.45) is 0 Å². The number of nitrogens with zero attached hydrogens (tertiary/aromatic N) is 1. The molecule has 1 fully saturated rings. The summed E-state index contributed by atoms with van der Waals surface area (Å²) < 4.78 is 31.3. The second-order valence-corrected chi connectivity index (χ2v) is 3.73. The predicted molar refractivity (Wildman–Crippen MR) is 49.6 cm³/mol. The summed E-state index contributed by atoms with van der Waals surface area (Å²) in [6.45, 7) is -0.729. The van der Waals surface area contributed by atoms with Gasteiger partial charge in [0.25, 0.3) is 0 Å². The van der Waals surface area contributed by atoms with Crippen LogP contribution < -0.4 is 0 Å². The number of halogens is 3. The summed E-state index contributed by atoms with van der Waals surface area (Å²) in [6.07, 6.45) is 0. The van der Waals surface area contributed by atoms with Crippen LogP contribution in [0.25, 0.3) is 0 Å². The van der Waals surface area contributed by atoms with Crippen molar-refractivity contribution in [2.75, 3.05) is 6.61 Å². The summed E-state index contributed by atoms with van der Waals surface area (Å²) in [5.41, 5.74) is -2.08. The Morgan fingerprint density at radius 2 is 2.20 bits per heavy atom. The SMILES string of the molecule is N#CC1(c2cccc(Cl)c2)OCC1(F)F. The van der Waals surface area contributed by atoms with Crippen molar-refractivity contribution in [1.29, 1.82) is 5.26 Å². The molecule has 2 rings (SSSR count). The molecule has 0 aromatic heterocycles. The summed E-state index contributed by atoms with van der Waals surface area (Å²) in [4.78, 5) is 0. The molecule has 0 saturated carbocycles. The lowest BCUT2D eigenvalue weighted by Crippen LogP contribution is -2.60. The first-order valence-corrected chi connectivity index (χ1v) is 4.59. The van der Waals surface area contributed by atoms with Gasteiger partial charge in [-0.25, -0.2) is 0 Å². The molecule has 0 amide bonds. The maximum atomic E-state index is 13.3. The van der Waals surface area contributed by atoms with Crippen molar-refractivity contribution in [1.82, 2.24) is 0 Å². The molecule has 1 aromatic rings. The van der Waals surface area contributed by atoms with Crippen LogP contribution in [-0.2, 0) is 10.3 Å². The Hall–Kier alpha value is -1.18. The van der Waals surface area contributed by atoms with Gasteiger partial charge in [-0.2, -0.15) is 14.0 Å². The first-order valence-electron chi connectivity index (χ1n) is 4.21. The van der Waals surface area contributed by atoms with Gasteiger partial charge in [-0.3, -0.25) is 0 Å². The number of ether oxygens (including phenoxy) is 1. The Bertz CT molecular complexity index is 443. The van der Waals surface area contributed by atoms with Crippen molar-refractivity contribution >= 4 is 11.6 Å². The zero-order valence-electron chi connectivity index (χ0n) is 7.51. The van der Waals surface area contributed by atoms with Crippen LogP contribution in [0.15, 0.2) is 24.3 Å². The molecule has 1 saturated heterocycles. The lowest BCUT2D eigenvalue weighted by atomic mass is 9.84. The highest BCUT2D eigenvalue weighted by molar-refractivity contribution is 6.30. The zero-order chi connectivity index (χ0) is 11.1. The molecule has 0 bridgehead atoms. The maximum absolute atomic E-state index is 13.3. The molecule has 1 atom stereocenters. The lowest BCUT2D eigenvalue weighted by Gasteiger charge is -2.43. The number of hydrogen-bond donors (Lipinski definition) is 0. The minimum Gasteiger partial charge on any atom is -0.344 e. The van der Waals surface area contributed by atoms with Crippen LogP contribution in [-0.4, -0.2) is 12.5 Å². The first-order chi connectivity index (χ1) is 7.02. The van der Waals surface area contributed by atoms with Gasteiger partial charge in [0.2, 0.25) is 5.60 Å². The number of rotatable bonds is 1. The molecule has 1 aliphatic heterocycles. The highest BCUT2D eigenvalue weighted by Crippen LogP contribution is 2.49. The Kier molecular flexibility index (Phi) is 2.18. The van der Waals surface area contributed by atoms with Crippen LogP contribution in [0.1, 0.15) is 5.56 Å². The molecule has 0 radical (unpaired) electrons. The zero-order valence-corrected chi connectivity index (χ0v) is 8.26. The minimum atomic E-state index is -3.16. The molecule has 1 unspecified atom stereocenters. The van der Waals surface area contributed by atoms with Gasteiger partial charge in [-0.15, -0.1) is 0 Å². The molecule has 1 aromatic carbocycles. The fourth-order valence-corrected chi connectivity index (χ4v) is 1.70. The van der Waals surface area contributed by atoms with Crippen molar-refractivity contribution in [3.63, 3.8) is 0 Å². The van der Waals surface area contributed by atoms with Gasteiger partial charge in [0.15, 0.2) is 0 Å². The maximum Gasteiger partial charge on any atom is 0.316 e. The first kappa shape index (κ1) is 10.3. The molecule has 5 heteroatoms. The standard InChI is InChI=1S/C10H6ClF2NO/c11-8-3-1-2-7(4-8)9(5-14)10(12,13)6-15-9/h1-4H,6H2. The van der Waals surface area contributed by atoms with Crippen LogP contribution >= 0.6 is 11.6 Å². The topological polar surface area (TPSA) is 33.0 Å². The summed E-state index contributed by atoms with van der Waals surface area (Å²) in [7, 11) is 0. The average Bonchev–Trinajstić information content (AvgIpc) is 2.18. The van der Waals surface area contributed by atoms with Gasteiger partial charge in [0.1, 0.15) is 12.7 Å². The second kappa shape index (κ2) is 3.16. The van der Waals surface area contributed by atoms with Crippen LogP contribution in [0.3, 0.4) is 0 Å². The fourth-order valence-electron chi connectivity index (χ4n) is 1.51. The molecule has 0 N–H and O–H groups in total. The monoisotopic (exact) mass is 229 g/mol. The molecule has 15 heavy (non-hydrogen) atoms. The van der Waals surface area contributed by atoms with Gasteiger partial charge in [0.05, 0.1) is 0 Å². The molecule has 1 heterocycles. The van der Waals surface area contributed by atoms with E-state index in [0.717, 1.165) is 0 Å². The summed E-state index contributed by atoms with van der Waals surface area (Å²) in [5.74, 6) is -3.16. The van der Waals surface area contributed by atoms with E-state index in [1.165, 1.54) is 24.3 Å². The number of hydrogen-bond acceptors (Lipinski definition) is 2. The van der Waals surface area contributed by atoms with Gasteiger partial charge in [0, 0.05) is 10.6 Å². The van der Waals surface area contributed by atoms with E-state index in [9.17, 15) is 8.78 Å². The summed E-state index contributed by atoms with van der Waals surface area (Å²) in [5, 5.41) is 9.12. The van der Waals surface area contributed by atoms with Crippen LogP contribution in [0.4, 0.5) is 8.78 Å². The van der Waals surface area contributed by atoms with Crippen molar-refractivity contribution in [2.45, 2.75) is 11.5 Å². The van der Waals surface area contributed by atoms with Crippen LogP contribution in [0, 0.1) is 11.3 Å². The predicted octanol–water partition coefficient (Wildman–Crippen LogP) is 2.72. The Morgan fingerprint density at radius 3 is 2.60 bits per heavy atom. The largest absolute Gasteiger partial charge is 0.344 e. The van der Waals surface area contributed by atoms with Gasteiger partial charge in [-0.1, -0.05) is 23.7 Å². The average molecular weight is 230 g/mol. The molecular formula is C10H6ClF2NO. The third-order valence-corrected chi connectivity index (χ3v) is 2.61. The van der Waals surface area contributed by atoms with Gasteiger partial charge in [-0.05, 0) is 12.1 Å². The summed E-state index contributed by atoms with van der Waals surface area (Å²) >= 11 is 5.67. The van der Waals surface area contributed by atoms with E-state index in [4.69, 9.17) is 21.6 Å². The molecular weight excluding hydrogens is 224 g/mol. The second-order valence-electron chi connectivity index (χ2n) is 3.30. The Labute approximate surface area is 90.0 Å². The highest BCUT2D eigenvalue weighted by atomic mass is 35.5. The third kappa shape index (κ3) is 1.31. The van der Waals surface area contributed by atoms with Gasteiger partial charge >= 0.3 is 5.92 Å². The van der Waals surface area contributed by atoms with Crippen molar-refractivity contribution in [3.8, 4) is 6.07 Å². The van der Waals surface area contributed by atoms with E-state index in [1.54, 1.807) is 6.07 Å². The van der Waals surface area contributed by atoms with E-state index in [-0.39, 0.29) is 5.56 Å². The molecule has 0 aliphatic carbocycles. The van der Waals surface area contributed by atoms with Crippen molar-refractivity contribution in [3.05, 3.63) is 34.9 Å². The lowest BCUT2D eigenvalue weighted by molar-refractivity contribution is -0.309. The quantitative estimate of drug-likeness (QED) is 0.742. The molecule has 0 spiro atoms. The molecule has 1 aliphatic rings. The van der Waals surface area contributed by atoms with E-state index in [0.29, 0.717) is 5.02 Å². The Balaban J connectivity index is 2.50. The van der Waals surface area contributed by atoms with E-state index in [1.807, 2.05) is 0 Å². The molecule has 78 valence electrons.